The zero-order valence-electron chi connectivity index (χ0n) is 11.6. The third kappa shape index (κ3) is 12.8. The number of carboxylic acids is 1. The van der Waals surface area contributed by atoms with Gasteiger partial charge in [0.15, 0.2) is 0 Å². The third-order valence-electron chi connectivity index (χ3n) is 2.02. The Balaban J connectivity index is 0.000000384. The number of carbonyl (C=O) groups is 2. The summed E-state index contributed by atoms with van der Waals surface area (Å²) in [5.74, 6) is -1.47. The van der Waals surface area contributed by atoms with Crippen molar-refractivity contribution in [2.75, 3.05) is 20.2 Å². The molecule has 4 N–H and O–H groups in total. The number of ether oxygens (including phenoxy) is 1. The Labute approximate surface area is 122 Å². The summed E-state index contributed by atoms with van der Waals surface area (Å²) >= 11 is 0. The second-order valence-corrected chi connectivity index (χ2v) is 3.70. The second kappa shape index (κ2) is 11.9. The Kier molecular flexibility index (Phi) is 10.8. The van der Waals surface area contributed by atoms with Crippen LogP contribution in [0.3, 0.4) is 0 Å². The number of hydrogen-bond donors (Lipinski definition) is 4. The summed E-state index contributed by atoms with van der Waals surface area (Å²) in [6.07, 6.45) is 0. The molecule has 0 unspecified atom stereocenters. The molecule has 116 valence electrons. The van der Waals surface area contributed by atoms with Gasteiger partial charge < -0.3 is 24.5 Å². The summed E-state index contributed by atoms with van der Waals surface area (Å²) in [4.78, 5) is 20.2. The monoisotopic (exact) mass is 299 g/mol. The van der Waals surface area contributed by atoms with Crippen molar-refractivity contribution >= 4 is 19.3 Å². The molecule has 0 heterocycles. The topological polar surface area (TPSA) is 125 Å². The van der Waals surface area contributed by atoms with Gasteiger partial charge in [0, 0.05) is 0 Å². The maximum absolute atomic E-state index is 10.3. The van der Waals surface area contributed by atoms with Gasteiger partial charge in [-0.2, -0.15) is 0 Å². The number of rotatable bonds is 7. The molecule has 0 radical (unpaired) electrons. The Bertz CT molecular complexity index is 413. The molecule has 0 aliphatic heterocycles. The highest BCUT2D eigenvalue weighted by molar-refractivity contribution is 6.32. The van der Waals surface area contributed by atoms with E-state index in [0.29, 0.717) is 0 Å². The first-order valence-corrected chi connectivity index (χ1v) is 5.96. The fraction of sp³-hybridized carbons (Fsp3) is 0.333. The third-order valence-corrected chi connectivity index (χ3v) is 2.02. The van der Waals surface area contributed by atoms with Gasteiger partial charge in [-0.15, -0.1) is 0 Å². The molecule has 0 spiro atoms. The summed E-state index contributed by atoms with van der Waals surface area (Å²) in [7, 11) is -0.444. The number of hydrogen-bond acceptors (Lipinski definition) is 7. The van der Waals surface area contributed by atoms with Crippen LogP contribution in [0.5, 0.6) is 0 Å². The van der Waals surface area contributed by atoms with Crippen LogP contribution >= 0.6 is 0 Å². The van der Waals surface area contributed by atoms with Gasteiger partial charge in [0.05, 0.1) is 26.8 Å². The van der Waals surface area contributed by atoms with Crippen molar-refractivity contribution in [1.82, 2.24) is 5.32 Å². The Morgan fingerprint density at radius 3 is 2.29 bits per heavy atom. The van der Waals surface area contributed by atoms with Crippen molar-refractivity contribution in [3.8, 4) is 0 Å². The normalized spacial score (nSPS) is 9.29. The van der Waals surface area contributed by atoms with Crippen LogP contribution in [0.15, 0.2) is 30.3 Å². The van der Waals surface area contributed by atoms with E-state index in [-0.39, 0.29) is 19.7 Å². The lowest BCUT2D eigenvalue weighted by Crippen LogP contribution is -2.28. The van der Waals surface area contributed by atoms with Crippen LogP contribution in [0.2, 0.25) is 0 Å². The second-order valence-electron chi connectivity index (χ2n) is 3.70. The van der Waals surface area contributed by atoms with Crippen molar-refractivity contribution in [3.05, 3.63) is 35.9 Å². The van der Waals surface area contributed by atoms with Gasteiger partial charge in [-0.25, -0.2) is 0 Å². The summed E-state index contributed by atoms with van der Waals surface area (Å²) in [6.45, 7) is -0.0730. The molecule has 1 aromatic rings. The first-order valence-electron chi connectivity index (χ1n) is 5.96. The van der Waals surface area contributed by atoms with E-state index in [1.165, 1.54) is 7.11 Å². The van der Waals surface area contributed by atoms with E-state index in [0.717, 1.165) is 5.56 Å². The van der Waals surface area contributed by atoms with Gasteiger partial charge >= 0.3 is 19.3 Å². The highest BCUT2D eigenvalue weighted by atomic mass is 16.6. The predicted molar refractivity (Wildman–Crippen MR) is 73.9 cm³/mol. The molecular weight excluding hydrogens is 281 g/mol. The van der Waals surface area contributed by atoms with E-state index in [1.807, 2.05) is 30.3 Å². The average molecular weight is 299 g/mol. The van der Waals surface area contributed by atoms with Crippen molar-refractivity contribution in [1.29, 1.82) is 0 Å². The summed E-state index contributed by atoms with van der Waals surface area (Å²) in [5.41, 5.74) is 0.917. The Hall–Kier alpha value is -1.94. The zero-order valence-corrected chi connectivity index (χ0v) is 11.6. The lowest BCUT2D eigenvalue weighted by atomic mass is 10.2. The molecule has 8 nitrogen and oxygen atoms in total. The molecule has 0 saturated heterocycles. The van der Waals surface area contributed by atoms with E-state index in [4.69, 9.17) is 15.2 Å². The van der Waals surface area contributed by atoms with Crippen LogP contribution in [0.4, 0.5) is 0 Å². The molecule has 0 atom stereocenters. The predicted octanol–water partition coefficient (Wildman–Crippen LogP) is -0.994. The largest absolute Gasteiger partial charge is 0.634 e. The van der Waals surface area contributed by atoms with Gasteiger partial charge in [-0.3, -0.25) is 14.9 Å². The van der Waals surface area contributed by atoms with Gasteiger partial charge in [0.25, 0.3) is 0 Å². The van der Waals surface area contributed by atoms with Crippen LogP contribution in [0.25, 0.3) is 0 Å². The van der Waals surface area contributed by atoms with Crippen molar-refractivity contribution in [2.45, 2.75) is 6.61 Å². The molecule has 0 aromatic heterocycles. The van der Waals surface area contributed by atoms with E-state index < -0.39 is 19.3 Å². The number of benzene rings is 1. The minimum Gasteiger partial charge on any atom is -0.480 e. The molecule has 0 fully saturated rings. The molecule has 0 bridgehead atoms. The minimum absolute atomic E-state index is 0.0667. The lowest BCUT2D eigenvalue weighted by Gasteiger charge is -2.00. The van der Waals surface area contributed by atoms with Gasteiger partial charge in [-0.1, -0.05) is 30.3 Å². The van der Waals surface area contributed by atoms with Crippen molar-refractivity contribution in [2.24, 2.45) is 0 Å². The minimum atomic E-state index is -1.68. The molecule has 0 aliphatic carbocycles. The highest BCUT2D eigenvalue weighted by Crippen LogP contribution is 1.99. The molecular formula is C12H18BNO7. The number of carbonyl (C=O) groups excluding carboxylic acids is 1. The van der Waals surface area contributed by atoms with E-state index in [1.54, 1.807) is 0 Å². The average Bonchev–Trinajstić information content (AvgIpc) is 2.46. The standard InChI is InChI=1S/C7H9BO3.C5H9NO4/c9-8(10)11-6-7-4-2-1-3-5-7;1-10-5(9)3-6-2-4(7)8/h1-5,9-10H,6H2;6H,2-3H2,1H3,(H,7,8). The SMILES string of the molecule is COC(=O)CNCC(=O)O.OB(O)OCc1ccccc1. The zero-order chi connectivity index (χ0) is 16.1. The first-order chi connectivity index (χ1) is 9.95. The number of aliphatic carboxylic acids is 1. The Morgan fingerprint density at radius 2 is 1.81 bits per heavy atom. The van der Waals surface area contributed by atoms with Crippen LogP contribution in [0, 0.1) is 0 Å². The summed E-state index contributed by atoms with van der Waals surface area (Å²) in [5, 5.41) is 27.1. The molecule has 1 rings (SSSR count). The fourth-order valence-electron chi connectivity index (χ4n) is 1.09. The van der Waals surface area contributed by atoms with Crippen molar-refractivity contribution < 1.29 is 34.1 Å². The lowest BCUT2D eigenvalue weighted by molar-refractivity contribution is -0.140. The number of carboxylic acid groups (broad SMARTS) is 1. The molecule has 9 heteroatoms. The van der Waals surface area contributed by atoms with E-state index in [9.17, 15) is 9.59 Å². The summed E-state index contributed by atoms with van der Waals surface area (Å²) in [6, 6.07) is 9.31. The van der Waals surface area contributed by atoms with Gasteiger partial charge in [-0.05, 0) is 5.56 Å². The molecule has 0 aliphatic rings. The molecule has 1 aromatic carbocycles. The van der Waals surface area contributed by atoms with Crippen LogP contribution in [-0.4, -0.2) is 54.6 Å². The Morgan fingerprint density at radius 1 is 1.19 bits per heavy atom. The number of nitrogens with one attached hydrogen (secondary N) is 1. The number of methoxy groups -OCH3 is 1. The number of esters is 1. The molecule has 0 amide bonds. The first kappa shape index (κ1) is 19.1. The van der Waals surface area contributed by atoms with Gasteiger partial charge in [0.2, 0.25) is 0 Å². The maximum Gasteiger partial charge on any atom is 0.634 e. The van der Waals surface area contributed by atoms with E-state index in [2.05, 4.69) is 14.7 Å². The maximum atomic E-state index is 10.3. The smallest absolute Gasteiger partial charge is 0.480 e. The molecule has 21 heavy (non-hydrogen) atoms. The van der Waals surface area contributed by atoms with Gasteiger partial charge in [0.1, 0.15) is 0 Å². The molecule has 0 saturated carbocycles. The highest BCUT2D eigenvalue weighted by Gasteiger charge is 2.07. The fourth-order valence-corrected chi connectivity index (χ4v) is 1.09. The van der Waals surface area contributed by atoms with Crippen LogP contribution in [-0.2, 0) is 25.6 Å². The summed E-state index contributed by atoms with van der Waals surface area (Å²) < 4.78 is 8.78. The quantitative estimate of drug-likeness (QED) is 0.373. The van der Waals surface area contributed by atoms with E-state index >= 15 is 0 Å². The van der Waals surface area contributed by atoms with Crippen LogP contribution in [0.1, 0.15) is 5.56 Å². The van der Waals surface area contributed by atoms with Crippen molar-refractivity contribution in [3.63, 3.8) is 0 Å². The van der Waals surface area contributed by atoms with Crippen LogP contribution < -0.4 is 5.32 Å².